The Kier molecular flexibility index (Phi) is 4.86. The summed E-state index contributed by atoms with van der Waals surface area (Å²) in [5.74, 6) is 0.363. The molecule has 0 aliphatic carbocycles. The van der Waals surface area contributed by atoms with Gasteiger partial charge in [-0.25, -0.2) is 4.98 Å². The molecule has 1 rings (SSSR count). The van der Waals surface area contributed by atoms with E-state index in [1.807, 2.05) is 6.92 Å². The molecule has 1 heterocycles. The number of nitrogens with zero attached hydrogens (tertiary/aromatic N) is 2. The van der Waals surface area contributed by atoms with Gasteiger partial charge in [0.15, 0.2) is 11.8 Å². The van der Waals surface area contributed by atoms with E-state index >= 15 is 0 Å². The first-order valence-corrected chi connectivity index (χ1v) is 6.03. The molecule has 1 aromatic rings. The van der Waals surface area contributed by atoms with Gasteiger partial charge in [-0.2, -0.15) is 18.2 Å². The average Bonchev–Trinajstić information content (AvgIpc) is 2.25. The van der Waals surface area contributed by atoms with E-state index in [4.69, 9.17) is 0 Å². The van der Waals surface area contributed by atoms with Crippen molar-refractivity contribution in [3.63, 3.8) is 0 Å². The molecule has 0 atom stereocenters. The van der Waals surface area contributed by atoms with Crippen LogP contribution in [0, 0.1) is 0 Å². The molecule has 8 heteroatoms. The highest BCUT2D eigenvalue weighted by Gasteiger charge is 2.28. The summed E-state index contributed by atoms with van der Waals surface area (Å²) >= 11 is 1.23. The molecule has 96 valence electrons. The fourth-order valence-corrected chi connectivity index (χ4v) is 1.37. The standard InChI is InChI=1S/C9H12F3N3OS/c1-3-13-6-4-7(15-8(14-6)17-2)16-5-9(10,11)12/h4H,3,5H2,1-2H3,(H,13,14,15). The first-order chi connectivity index (χ1) is 7.94. The van der Waals surface area contributed by atoms with E-state index in [0.717, 1.165) is 0 Å². The molecule has 0 aromatic carbocycles. The van der Waals surface area contributed by atoms with Crippen molar-refractivity contribution >= 4 is 17.6 Å². The van der Waals surface area contributed by atoms with E-state index < -0.39 is 12.8 Å². The molecular formula is C9H12F3N3OS. The van der Waals surface area contributed by atoms with Crippen LogP contribution in [0.3, 0.4) is 0 Å². The van der Waals surface area contributed by atoms with Crippen LogP contribution in [0.4, 0.5) is 19.0 Å². The third-order valence-corrected chi connectivity index (χ3v) is 2.15. The van der Waals surface area contributed by atoms with Crippen LogP contribution in [0.2, 0.25) is 0 Å². The van der Waals surface area contributed by atoms with Gasteiger partial charge in [0, 0.05) is 12.6 Å². The summed E-state index contributed by atoms with van der Waals surface area (Å²) in [7, 11) is 0. The molecule has 17 heavy (non-hydrogen) atoms. The summed E-state index contributed by atoms with van der Waals surface area (Å²) in [4.78, 5) is 7.89. The fourth-order valence-electron chi connectivity index (χ4n) is 0.996. The number of hydrogen-bond acceptors (Lipinski definition) is 5. The SMILES string of the molecule is CCNc1cc(OCC(F)(F)F)nc(SC)n1. The molecule has 4 nitrogen and oxygen atoms in total. The number of thioether (sulfide) groups is 1. The van der Waals surface area contributed by atoms with Crippen molar-refractivity contribution in [2.75, 3.05) is 24.7 Å². The quantitative estimate of drug-likeness (QED) is 0.656. The van der Waals surface area contributed by atoms with Gasteiger partial charge in [-0.15, -0.1) is 0 Å². The lowest BCUT2D eigenvalue weighted by Gasteiger charge is -2.10. The van der Waals surface area contributed by atoms with E-state index in [0.29, 0.717) is 17.5 Å². The maximum absolute atomic E-state index is 12.0. The number of aromatic nitrogens is 2. The van der Waals surface area contributed by atoms with E-state index in [1.54, 1.807) is 6.26 Å². The largest absolute Gasteiger partial charge is 0.468 e. The van der Waals surface area contributed by atoms with Crippen molar-refractivity contribution < 1.29 is 17.9 Å². The van der Waals surface area contributed by atoms with Crippen LogP contribution in [0.25, 0.3) is 0 Å². The summed E-state index contributed by atoms with van der Waals surface area (Å²) in [6.45, 7) is 1.12. The second-order valence-electron chi connectivity index (χ2n) is 3.01. The molecule has 1 N–H and O–H groups in total. The van der Waals surface area contributed by atoms with E-state index in [-0.39, 0.29) is 5.88 Å². The van der Waals surface area contributed by atoms with Gasteiger partial charge in [-0.3, -0.25) is 0 Å². The van der Waals surface area contributed by atoms with Crippen molar-refractivity contribution in [2.45, 2.75) is 18.3 Å². The highest BCUT2D eigenvalue weighted by Crippen LogP contribution is 2.21. The molecule has 0 radical (unpaired) electrons. The number of halogens is 3. The average molecular weight is 267 g/mol. The maximum atomic E-state index is 12.0. The Bertz CT molecular complexity index is 373. The van der Waals surface area contributed by atoms with Crippen LogP contribution in [-0.2, 0) is 0 Å². The highest BCUT2D eigenvalue weighted by molar-refractivity contribution is 7.98. The zero-order valence-electron chi connectivity index (χ0n) is 9.34. The Hall–Kier alpha value is -1.18. The molecule has 0 amide bonds. The molecule has 1 aromatic heterocycles. The topological polar surface area (TPSA) is 47.0 Å². The number of ether oxygens (including phenoxy) is 1. The lowest BCUT2D eigenvalue weighted by atomic mass is 10.5. The van der Waals surface area contributed by atoms with E-state index in [2.05, 4.69) is 20.0 Å². The molecule has 0 fully saturated rings. The zero-order valence-corrected chi connectivity index (χ0v) is 10.2. The molecule has 0 saturated carbocycles. The Labute approximate surface area is 101 Å². The first kappa shape index (κ1) is 13.9. The minimum absolute atomic E-state index is 0.0855. The summed E-state index contributed by atoms with van der Waals surface area (Å²) in [5.41, 5.74) is 0. The van der Waals surface area contributed by atoms with Gasteiger partial charge >= 0.3 is 6.18 Å². The second kappa shape index (κ2) is 5.95. The summed E-state index contributed by atoms with van der Waals surface area (Å²) < 4.78 is 40.5. The fraction of sp³-hybridized carbons (Fsp3) is 0.556. The normalized spacial score (nSPS) is 11.4. The molecule has 0 spiro atoms. The minimum atomic E-state index is -4.37. The van der Waals surface area contributed by atoms with Crippen LogP contribution in [0.1, 0.15) is 6.92 Å². The van der Waals surface area contributed by atoms with Crippen molar-refractivity contribution in [3.8, 4) is 5.88 Å². The number of anilines is 1. The molecule has 0 saturated heterocycles. The van der Waals surface area contributed by atoms with Gasteiger partial charge in [0.1, 0.15) is 5.82 Å². The zero-order chi connectivity index (χ0) is 12.9. The van der Waals surface area contributed by atoms with Crippen molar-refractivity contribution in [1.82, 2.24) is 9.97 Å². The molecule has 0 bridgehead atoms. The van der Waals surface area contributed by atoms with Crippen LogP contribution >= 0.6 is 11.8 Å². The predicted octanol–water partition coefficient (Wildman–Crippen LogP) is 2.57. The Morgan fingerprint density at radius 3 is 2.65 bits per heavy atom. The van der Waals surface area contributed by atoms with Gasteiger partial charge in [-0.1, -0.05) is 11.8 Å². The monoisotopic (exact) mass is 267 g/mol. The smallest absolute Gasteiger partial charge is 0.422 e. The van der Waals surface area contributed by atoms with E-state index in [9.17, 15) is 13.2 Å². The Morgan fingerprint density at radius 1 is 1.41 bits per heavy atom. The third-order valence-electron chi connectivity index (χ3n) is 1.61. The number of alkyl halides is 3. The van der Waals surface area contributed by atoms with Crippen LogP contribution in [0.15, 0.2) is 11.2 Å². The van der Waals surface area contributed by atoms with Gasteiger partial charge in [0.25, 0.3) is 0 Å². The molecule has 0 aliphatic heterocycles. The molecular weight excluding hydrogens is 255 g/mol. The Balaban J connectivity index is 2.79. The molecule has 0 aliphatic rings. The number of hydrogen-bond donors (Lipinski definition) is 1. The van der Waals surface area contributed by atoms with Gasteiger partial charge in [0.2, 0.25) is 5.88 Å². The third kappa shape index (κ3) is 5.12. The van der Waals surface area contributed by atoms with Crippen molar-refractivity contribution in [3.05, 3.63) is 6.07 Å². The van der Waals surface area contributed by atoms with Crippen molar-refractivity contribution in [1.29, 1.82) is 0 Å². The van der Waals surface area contributed by atoms with Crippen molar-refractivity contribution in [2.24, 2.45) is 0 Å². The molecule has 0 unspecified atom stereocenters. The lowest BCUT2D eigenvalue weighted by Crippen LogP contribution is -2.20. The van der Waals surface area contributed by atoms with Gasteiger partial charge < -0.3 is 10.1 Å². The number of nitrogens with one attached hydrogen (secondary N) is 1. The van der Waals surface area contributed by atoms with E-state index in [1.165, 1.54) is 17.8 Å². The Morgan fingerprint density at radius 2 is 2.12 bits per heavy atom. The summed E-state index contributed by atoms with van der Waals surface area (Å²) in [5, 5.41) is 3.26. The van der Waals surface area contributed by atoms with Gasteiger partial charge in [-0.05, 0) is 13.2 Å². The van der Waals surface area contributed by atoms with Crippen LogP contribution in [-0.4, -0.2) is 35.6 Å². The lowest BCUT2D eigenvalue weighted by molar-refractivity contribution is -0.154. The summed E-state index contributed by atoms with van der Waals surface area (Å²) in [6.07, 6.45) is -2.64. The highest BCUT2D eigenvalue weighted by atomic mass is 32.2. The second-order valence-corrected chi connectivity index (χ2v) is 3.79. The van der Waals surface area contributed by atoms with Crippen LogP contribution < -0.4 is 10.1 Å². The minimum Gasteiger partial charge on any atom is -0.468 e. The maximum Gasteiger partial charge on any atom is 0.422 e. The summed E-state index contributed by atoms with van der Waals surface area (Å²) in [6, 6.07) is 1.34. The van der Waals surface area contributed by atoms with Gasteiger partial charge in [0.05, 0.1) is 0 Å². The predicted molar refractivity (Wildman–Crippen MR) is 59.5 cm³/mol. The first-order valence-electron chi connectivity index (χ1n) is 4.81. The van der Waals surface area contributed by atoms with Crippen LogP contribution in [0.5, 0.6) is 5.88 Å². The number of rotatable bonds is 5.